The molecule has 8 nitrogen and oxygen atoms in total. The van der Waals surface area contributed by atoms with Crippen molar-refractivity contribution in [2.24, 2.45) is 0 Å². The second-order valence-corrected chi connectivity index (χ2v) is 10.7. The summed E-state index contributed by atoms with van der Waals surface area (Å²) in [7, 11) is 1.72. The topological polar surface area (TPSA) is 108 Å². The molecule has 1 aliphatic heterocycles. The maximum atomic E-state index is 12.9. The molecule has 0 bridgehead atoms. The van der Waals surface area contributed by atoms with Gasteiger partial charge in [-0.25, -0.2) is 0 Å². The fraction of sp³-hybridized carbons (Fsp3) is 0.737. The van der Waals surface area contributed by atoms with Crippen molar-refractivity contribution < 1.29 is 23.4 Å². The summed E-state index contributed by atoms with van der Waals surface area (Å²) in [6.07, 6.45) is 1.38. The monoisotopic (exact) mass is 413 g/mol. The van der Waals surface area contributed by atoms with E-state index in [-0.39, 0.29) is 22.9 Å². The van der Waals surface area contributed by atoms with E-state index in [9.17, 15) is 14.1 Å². The molecule has 1 unspecified atom stereocenters. The van der Waals surface area contributed by atoms with E-state index in [2.05, 4.69) is 10.5 Å². The molecule has 0 spiro atoms. The number of carbonyl (C=O) groups is 2. The summed E-state index contributed by atoms with van der Waals surface area (Å²) >= 11 is -1.34. The van der Waals surface area contributed by atoms with Crippen LogP contribution in [0.4, 0.5) is 5.88 Å². The number of nitrogens with zero attached hydrogens (tertiary/aromatic N) is 2. The Morgan fingerprint density at radius 1 is 1.32 bits per heavy atom. The van der Waals surface area contributed by atoms with E-state index in [0.29, 0.717) is 38.3 Å². The number of nitrogens with one attached hydrogen (secondary N) is 1. The van der Waals surface area contributed by atoms with Crippen LogP contribution in [0, 0.1) is 0 Å². The molecule has 2 rings (SSSR count). The minimum absolute atomic E-state index is 0.0394. The molecule has 1 N–H and O–H groups in total. The van der Waals surface area contributed by atoms with Gasteiger partial charge in [0, 0.05) is 44.8 Å². The molecule has 0 saturated carbocycles. The van der Waals surface area contributed by atoms with Crippen molar-refractivity contribution in [3.05, 3.63) is 11.8 Å². The van der Waals surface area contributed by atoms with Crippen LogP contribution >= 0.6 is 0 Å². The molecule has 1 fully saturated rings. The van der Waals surface area contributed by atoms with Crippen LogP contribution in [0.25, 0.3) is 0 Å². The second kappa shape index (κ2) is 8.84. The quantitative estimate of drug-likeness (QED) is 0.686. The number of carbonyl (C=O) groups excluding carboxylic acids is 2. The van der Waals surface area contributed by atoms with Crippen molar-refractivity contribution in [1.82, 2.24) is 10.1 Å². The van der Waals surface area contributed by atoms with Crippen molar-refractivity contribution in [1.29, 1.82) is 0 Å². The number of likely N-dealkylation sites (N-methyl/N-ethyl adjacent to an activating group) is 1. The van der Waals surface area contributed by atoms with E-state index in [4.69, 9.17) is 9.26 Å². The zero-order chi connectivity index (χ0) is 21.1. The van der Waals surface area contributed by atoms with Crippen LogP contribution < -0.4 is 5.32 Å². The Balaban J connectivity index is 2.05. The number of anilines is 1. The number of hydrogen-bond acceptors (Lipinski definition) is 6. The summed E-state index contributed by atoms with van der Waals surface area (Å²) in [6.45, 7) is 10.4. The molecule has 0 radical (unpaired) electrons. The lowest BCUT2D eigenvalue weighted by Crippen LogP contribution is -2.50. The SMILES string of the molecule is CC(=O)N(C)CC(C)(C)c1cc(NC(=O)C(C)(C)[S+]([O-])C2CCOCC2)on1. The summed E-state index contributed by atoms with van der Waals surface area (Å²) < 4.78 is 22.4. The summed E-state index contributed by atoms with van der Waals surface area (Å²) in [5.74, 6) is -0.211. The van der Waals surface area contributed by atoms with Crippen LogP contribution in [0.1, 0.15) is 53.2 Å². The molecule has 1 atom stereocenters. The van der Waals surface area contributed by atoms with Crippen molar-refractivity contribution in [3.8, 4) is 0 Å². The molecule has 2 heterocycles. The third-order valence-corrected chi connectivity index (χ3v) is 7.40. The van der Waals surface area contributed by atoms with Crippen molar-refractivity contribution in [2.45, 2.75) is 62.9 Å². The number of rotatable bonds is 7. The molecule has 0 aliphatic carbocycles. The first-order chi connectivity index (χ1) is 12.9. The van der Waals surface area contributed by atoms with Crippen LogP contribution in [-0.4, -0.2) is 63.2 Å². The fourth-order valence-corrected chi connectivity index (χ4v) is 4.79. The summed E-state index contributed by atoms with van der Waals surface area (Å²) in [5.41, 5.74) is 0.173. The summed E-state index contributed by atoms with van der Waals surface area (Å²) in [5, 5.41) is 6.69. The molecule has 1 aromatic rings. The molecule has 1 aromatic heterocycles. The number of amides is 2. The van der Waals surface area contributed by atoms with Gasteiger partial charge in [0.25, 0.3) is 5.91 Å². The van der Waals surface area contributed by atoms with Gasteiger partial charge in [-0.3, -0.25) is 14.9 Å². The van der Waals surface area contributed by atoms with Crippen LogP contribution in [0.5, 0.6) is 0 Å². The molecule has 158 valence electrons. The van der Waals surface area contributed by atoms with Gasteiger partial charge in [0.05, 0.1) is 18.9 Å². The number of ether oxygens (including phenoxy) is 1. The Kier molecular flexibility index (Phi) is 7.17. The molecule has 28 heavy (non-hydrogen) atoms. The Morgan fingerprint density at radius 3 is 2.50 bits per heavy atom. The molecule has 1 aliphatic rings. The van der Waals surface area contributed by atoms with E-state index in [0.717, 1.165) is 0 Å². The first-order valence-electron chi connectivity index (χ1n) is 9.44. The normalized spacial score (nSPS) is 17.2. The highest BCUT2D eigenvalue weighted by atomic mass is 32.2. The van der Waals surface area contributed by atoms with Gasteiger partial charge in [-0.2, -0.15) is 0 Å². The van der Waals surface area contributed by atoms with Gasteiger partial charge in [-0.15, -0.1) is 0 Å². The molecular weight excluding hydrogens is 382 g/mol. The Labute approximate surface area is 169 Å². The van der Waals surface area contributed by atoms with Gasteiger partial charge in [0.2, 0.25) is 11.8 Å². The summed E-state index contributed by atoms with van der Waals surface area (Å²) in [6, 6.07) is 1.65. The van der Waals surface area contributed by atoms with Crippen LogP contribution in [0.2, 0.25) is 0 Å². The largest absolute Gasteiger partial charge is 0.615 e. The van der Waals surface area contributed by atoms with Gasteiger partial charge in [0.1, 0.15) is 5.25 Å². The lowest BCUT2D eigenvalue weighted by molar-refractivity contribution is -0.128. The van der Waals surface area contributed by atoms with E-state index < -0.39 is 21.3 Å². The van der Waals surface area contributed by atoms with Gasteiger partial charge in [-0.1, -0.05) is 19.0 Å². The minimum atomic E-state index is -1.34. The lowest BCUT2D eigenvalue weighted by Gasteiger charge is -2.34. The van der Waals surface area contributed by atoms with Crippen molar-refractivity contribution in [3.63, 3.8) is 0 Å². The van der Waals surface area contributed by atoms with E-state index in [1.807, 2.05) is 13.8 Å². The molecule has 1 saturated heterocycles. The van der Waals surface area contributed by atoms with Crippen LogP contribution in [0.15, 0.2) is 10.6 Å². The third kappa shape index (κ3) is 5.27. The average molecular weight is 414 g/mol. The predicted octanol–water partition coefficient (Wildman–Crippen LogP) is 2.08. The van der Waals surface area contributed by atoms with E-state index in [1.54, 1.807) is 31.9 Å². The van der Waals surface area contributed by atoms with E-state index in [1.165, 1.54) is 6.92 Å². The Bertz CT molecular complexity index is 697. The first-order valence-corrected chi connectivity index (χ1v) is 10.6. The summed E-state index contributed by atoms with van der Waals surface area (Å²) in [4.78, 5) is 25.9. The van der Waals surface area contributed by atoms with Gasteiger partial charge < -0.3 is 18.7 Å². The highest BCUT2D eigenvalue weighted by Gasteiger charge is 2.45. The van der Waals surface area contributed by atoms with Crippen molar-refractivity contribution >= 4 is 28.9 Å². The number of hydrogen-bond donors (Lipinski definition) is 1. The highest BCUT2D eigenvalue weighted by molar-refractivity contribution is 7.94. The average Bonchev–Trinajstić information content (AvgIpc) is 3.10. The maximum absolute atomic E-state index is 12.9. The lowest BCUT2D eigenvalue weighted by atomic mass is 9.89. The van der Waals surface area contributed by atoms with Crippen LogP contribution in [-0.2, 0) is 30.9 Å². The van der Waals surface area contributed by atoms with Crippen LogP contribution in [0.3, 0.4) is 0 Å². The van der Waals surface area contributed by atoms with Gasteiger partial charge in [0.15, 0.2) is 4.75 Å². The van der Waals surface area contributed by atoms with Gasteiger partial charge >= 0.3 is 0 Å². The molecular formula is C19H31N3O5S. The molecule has 2 amide bonds. The zero-order valence-electron chi connectivity index (χ0n) is 17.5. The second-order valence-electron chi connectivity index (χ2n) is 8.41. The first kappa shape index (κ1) is 22.7. The zero-order valence-corrected chi connectivity index (χ0v) is 18.4. The third-order valence-electron chi connectivity index (χ3n) is 5.13. The fourth-order valence-electron chi connectivity index (χ4n) is 3.10. The molecule has 9 heteroatoms. The Morgan fingerprint density at radius 2 is 1.93 bits per heavy atom. The van der Waals surface area contributed by atoms with Crippen molar-refractivity contribution in [2.75, 3.05) is 32.1 Å². The highest BCUT2D eigenvalue weighted by Crippen LogP contribution is 2.30. The Hall–Kier alpha value is -1.58. The molecule has 0 aromatic carbocycles. The predicted molar refractivity (Wildman–Crippen MR) is 108 cm³/mol. The van der Waals surface area contributed by atoms with Gasteiger partial charge in [-0.05, 0) is 25.0 Å². The minimum Gasteiger partial charge on any atom is -0.615 e. The smallest absolute Gasteiger partial charge is 0.282 e. The standard InChI is InChI=1S/C19H31N3O5S/c1-13(23)22(6)12-18(2,3)15-11-16(27-21-15)20-17(24)19(4,5)28(25)14-7-9-26-10-8-14/h11,14H,7-10,12H2,1-6H3,(H,20,24). The maximum Gasteiger partial charge on any atom is 0.282 e. The van der Waals surface area contributed by atoms with E-state index >= 15 is 0 Å². The number of aromatic nitrogens is 1.